The minimum atomic E-state index is -0.905. The highest BCUT2D eigenvalue weighted by Crippen LogP contribution is 2.39. The van der Waals surface area contributed by atoms with Crippen LogP contribution in [0.5, 0.6) is 0 Å². The van der Waals surface area contributed by atoms with E-state index < -0.39 is 53.7 Å². The molecule has 2 aliphatic carbocycles. The van der Waals surface area contributed by atoms with Gasteiger partial charge in [-0.25, -0.2) is 15.8 Å². The van der Waals surface area contributed by atoms with Crippen molar-refractivity contribution in [2.45, 2.75) is 63.1 Å². The van der Waals surface area contributed by atoms with Crippen molar-refractivity contribution in [2.24, 2.45) is 23.7 Å². The van der Waals surface area contributed by atoms with E-state index in [1.165, 1.54) is 0 Å². The van der Waals surface area contributed by atoms with Crippen molar-refractivity contribution in [2.75, 3.05) is 75.4 Å². The summed E-state index contributed by atoms with van der Waals surface area (Å²) < 4.78 is 11.8. The standard InChI is InChI=1S/C41H55N7O9/c49-37(42-54)35-25-30(11-13-33(35)39(51)46-20-16-44(17-21-46)28-7-3-1-4-8-28)48(31-15-24-56-27-31)41(53)57-32-12-14-34(36(26-32)38(50)43-55)40(52)47-22-18-45(19-23-47)29-9-5-2-6-10-29/h1-10,30-36,54-55H,11-27H2,(H,42,49)(H,43,50)/t30-,31?,32-,33+,34+,35+,36+/m1/s1. The van der Waals surface area contributed by atoms with E-state index in [4.69, 9.17) is 9.47 Å². The minimum Gasteiger partial charge on any atom is -0.446 e. The first kappa shape index (κ1) is 40.3. The van der Waals surface area contributed by atoms with Gasteiger partial charge in [0.2, 0.25) is 23.6 Å². The Balaban J connectivity index is 0.984. The van der Waals surface area contributed by atoms with E-state index in [-0.39, 0.29) is 37.3 Å². The Morgan fingerprint density at radius 3 is 1.56 bits per heavy atom. The first-order valence-electron chi connectivity index (χ1n) is 20.4. The lowest BCUT2D eigenvalue weighted by molar-refractivity contribution is -0.150. The average molecular weight is 790 g/mol. The molecule has 16 nitrogen and oxygen atoms in total. The lowest BCUT2D eigenvalue weighted by Crippen LogP contribution is -2.56. The Morgan fingerprint density at radius 2 is 1.09 bits per heavy atom. The lowest BCUT2D eigenvalue weighted by atomic mass is 9.74. The molecule has 2 aromatic rings. The Morgan fingerprint density at radius 1 is 0.596 bits per heavy atom. The van der Waals surface area contributed by atoms with Crippen LogP contribution in [0.25, 0.3) is 0 Å². The third kappa shape index (κ3) is 9.13. The summed E-state index contributed by atoms with van der Waals surface area (Å²) >= 11 is 0. The van der Waals surface area contributed by atoms with Crippen molar-refractivity contribution in [3.05, 3.63) is 60.7 Å². The van der Waals surface area contributed by atoms with E-state index in [0.29, 0.717) is 91.1 Å². The molecule has 2 saturated carbocycles. The zero-order chi connectivity index (χ0) is 39.9. The molecular weight excluding hydrogens is 734 g/mol. The molecule has 3 aliphatic heterocycles. The highest BCUT2D eigenvalue weighted by Gasteiger charge is 2.47. The molecule has 308 valence electrons. The molecule has 0 spiro atoms. The second-order valence-corrected chi connectivity index (χ2v) is 15.9. The van der Waals surface area contributed by atoms with Gasteiger partial charge in [-0.2, -0.15) is 0 Å². The van der Waals surface area contributed by atoms with Gasteiger partial charge < -0.3 is 29.1 Å². The fourth-order valence-corrected chi connectivity index (χ4v) is 9.63. The number of carbonyl (C=O) groups is 5. The molecule has 2 aromatic carbocycles. The number of piperazine rings is 2. The van der Waals surface area contributed by atoms with Gasteiger partial charge in [0.15, 0.2) is 0 Å². The Bertz CT molecular complexity index is 1700. The van der Waals surface area contributed by atoms with Gasteiger partial charge in [-0.15, -0.1) is 0 Å². The predicted octanol–water partition coefficient (Wildman–Crippen LogP) is 2.49. The fourth-order valence-electron chi connectivity index (χ4n) is 9.63. The number of hydrogen-bond acceptors (Lipinski definition) is 11. The summed E-state index contributed by atoms with van der Waals surface area (Å²) in [6, 6.07) is 19.2. The van der Waals surface area contributed by atoms with Crippen LogP contribution in [0.3, 0.4) is 0 Å². The molecule has 1 unspecified atom stereocenters. The summed E-state index contributed by atoms with van der Waals surface area (Å²) in [6.07, 6.45) is 0.873. The van der Waals surface area contributed by atoms with Crippen LogP contribution in [0, 0.1) is 23.7 Å². The maximum atomic E-state index is 14.2. The summed E-state index contributed by atoms with van der Waals surface area (Å²) in [6.45, 7) is 5.38. The summed E-state index contributed by atoms with van der Waals surface area (Å²) in [5, 5.41) is 19.5. The third-order valence-electron chi connectivity index (χ3n) is 12.7. The van der Waals surface area contributed by atoms with Gasteiger partial charge in [-0.05, 0) is 69.2 Å². The number of amides is 5. The highest BCUT2D eigenvalue weighted by molar-refractivity contribution is 5.88. The quantitative estimate of drug-likeness (QED) is 0.216. The highest BCUT2D eigenvalue weighted by atomic mass is 16.6. The normalized spacial score (nSPS) is 28.0. The Kier molecular flexibility index (Phi) is 13.1. The zero-order valence-electron chi connectivity index (χ0n) is 32.3. The first-order valence-corrected chi connectivity index (χ1v) is 20.4. The molecule has 3 heterocycles. The third-order valence-corrected chi connectivity index (χ3v) is 12.7. The molecule has 57 heavy (non-hydrogen) atoms. The monoisotopic (exact) mass is 789 g/mol. The molecule has 3 saturated heterocycles. The van der Waals surface area contributed by atoms with E-state index in [0.717, 1.165) is 11.4 Å². The van der Waals surface area contributed by atoms with Gasteiger partial charge in [0.1, 0.15) is 6.10 Å². The molecule has 7 rings (SSSR count). The zero-order valence-corrected chi connectivity index (χ0v) is 32.3. The van der Waals surface area contributed by atoms with Crippen molar-refractivity contribution >= 4 is 41.1 Å². The molecule has 16 heteroatoms. The number of ether oxygens (including phenoxy) is 2. The summed E-state index contributed by atoms with van der Waals surface area (Å²) in [5.41, 5.74) is 5.69. The second kappa shape index (κ2) is 18.6. The number of hydroxylamine groups is 2. The van der Waals surface area contributed by atoms with Gasteiger partial charge in [0.05, 0.1) is 30.4 Å². The van der Waals surface area contributed by atoms with Crippen LogP contribution < -0.4 is 20.8 Å². The van der Waals surface area contributed by atoms with Crippen LogP contribution in [0.15, 0.2) is 60.7 Å². The first-order chi connectivity index (χ1) is 27.7. The second-order valence-electron chi connectivity index (χ2n) is 15.9. The van der Waals surface area contributed by atoms with E-state index in [1.807, 2.05) is 60.7 Å². The van der Waals surface area contributed by atoms with Crippen molar-refractivity contribution in [3.8, 4) is 0 Å². The molecule has 5 aliphatic rings. The van der Waals surface area contributed by atoms with E-state index in [2.05, 4.69) is 9.80 Å². The number of rotatable bonds is 9. The predicted molar refractivity (Wildman–Crippen MR) is 207 cm³/mol. The molecule has 5 amide bonds. The largest absolute Gasteiger partial charge is 0.446 e. The number of nitrogens with zero attached hydrogens (tertiary/aromatic N) is 5. The van der Waals surface area contributed by atoms with Crippen LogP contribution in [-0.2, 0) is 28.7 Å². The number of benzene rings is 2. The fraction of sp³-hybridized carbons (Fsp3) is 0.585. The SMILES string of the molecule is O=C(NO)[C@H]1C[C@H](OC(=O)N(C2CCOC2)[C@@H]2CC[C@H](C(=O)N3CCN(c4ccccc4)CC3)[C@@H](C(=O)NO)C2)CC[C@@H]1C(=O)N1CCN(c2ccccc2)CC1. The summed E-state index contributed by atoms with van der Waals surface area (Å²) in [4.78, 5) is 77.9. The van der Waals surface area contributed by atoms with Gasteiger partial charge in [-0.3, -0.25) is 34.5 Å². The number of anilines is 2. The molecule has 4 N–H and O–H groups in total. The number of para-hydroxylation sites is 2. The van der Waals surface area contributed by atoms with E-state index >= 15 is 0 Å². The molecular formula is C41H55N7O9. The number of hydrogen-bond donors (Lipinski definition) is 4. The molecule has 7 atom stereocenters. The number of carbonyl (C=O) groups excluding carboxylic acids is 5. The average Bonchev–Trinajstić information content (AvgIpc) is 3.80. The Labute approximate surface area is 332 Å². The van der Waals surface area contributed by atoms with Gasteiger partial charge in [0.25, 0.3) is 0 Å². The summed E-state index contributed by atoms with van der Waals surface area (Å²) in [5.74, 6) is -4.77. The van der Waals surface area contributed by atoms with Crippen molar-refractivity contribution < 1.29 is 43.9 Å². The smallest absolute Gasteiger partial charge is 0.410 e. The van der Waals surface area contributed by atoms with E-state index in [9.17, 15) is 34.4 Å². The van der Waals surface area contributed by atoms with Gasteiger partial charge >= 0.3 is 6.09 Å². The minimum absolute atomic E-state index is 0.0574. The van der Waals surface area contributed by atoms with Crippen molar-refractivity contribution in [1.29, 1.82) is 0 Å². The topological polar surface area (TPSA) is 185 Å². The molecule has 0 radical (unpaired) electrons. The van der Waals surface area contributed by atoms with Crippen LogP contribution in [0.4, 0.5) is 16.2 Å². The van der Waals surface area contributed by atoms with Crippen LogP contribution in [0.1, 0.15) is 44.9 Å². The maximum Gasteiger partial charge on any atom is 0.410 e. The molecule has 0 aromatic heterocycles. The van der Waals surface area contributed by atoms with Gasteiger partial charge in [0, 0.05) is 82.3 Å². The van der Waals surface area contributed by atoms with Crippen molar-refractivity contribution in [3.63, 3.8) is 0 Å². The van der Waals surface area contributed by atoms with Crippen LogP contribution in [-0.4, -0.2) is 139 Å². The van der Waals surface area contributed by atoms with Crippen LogP contribution in [0.2, 0.25) is 0 Å². The Hall–Kier alpha value is -4.93. The summed E-state index contributed by atoms with van der Waals surface area (Å²) in [7, 11) is 0. The van der Waals surface area contributed by atoms with Gasteiger partial charge in [-0.1, -0.05) is 36.4 Å². The lowest BCUT2D eigenvalue weighted by Gasteiger charge is -2.44. The maximum absolute atomic E-state index is 14.2. The molecule has 0 bridgehead atoms. The van der Waals surface area contributed by atoms with Crippen LogP contribution >= 0.6 is 0 Å². The van der Waals surface area contributed by atoms with E-state index in [1.54, 1.807) is 25.7 Å². The molecule has 5 fully saturated rings. The van der Waals surface area contributed by atoms with Crippen molar-refractivity contribution in [1.82, 2.24) is 25.7 Å². The number of nitrogens with one attached hydrogen (secondary N) is 2.